The van der Waals surface area contributed by atoms with Gasteiger partial charge in [-0.3, -0.25) is 4.79 Å². The molecular formula is C26H39N3O6. The van der Waals surface area contributed by atoms with E-state index in [4.69, 9.17) is 18.6 Å². The number of aryl methyl sites for hydroxylation is 1. The second-order valence-corrected chi connectivity index (χ2v) is 9.36. The molecule has 2 aromatic rings. The first kappa shape index (κ1) is 28.0. The van der Waals surface area contributed by atoms with Crippen molar-refractivity contribution in [2.75, 3.05) is 47.6 Å². The largest absolute Gasteiger partial charge is 0.493 e. The Bertz CT molecular complexity index is 966. The first-order chi connectivity index (χ1) is 16.6. The number of furan rings is 1. The van der Waals surface area contributed by atoms with Gasteiger partial charge in [0.1, 0.15) is 18.1 Å². The molecule has 1 aromatic carbocycles. The van der Waals surface area contributed by atoms with Crippen molar-refractivity contribution < 1.29 is 28.2 Å². The molecule has 0 saturated heterocycles. The van der Waals surface area contributed by atoms with Crippen LogP contribution in [0.3, 0.4) is 0 Å². The summed E-state index contributed by atoms with van der Waals surface area (Å²) in [4.78, 5) is 29.4. The van der Waals surface area contributed by atoms with Gasteiger partial charge in [0.2, 0.25) is 5.91 Å². The van der Waals surface area contributed by atoms with Crippen molar-refractivity contribution in [3.05, 3.63) is 47.4 Å². The Kier molecular flexibility index (Phi) is 10.4. The van der Waals surface area contributed by atoms with Crippen LogP contribution < -0.4 is 14.8 Å². The molecule has 0 aliphatic heterocycles. The number of methoxy groups -OCH3 is 3. The molecule has 9 heteroatoms. The molecule has 2 rings (SSSR count). The Hall–Kier alpha value is -3.20. The number of nitrogens with one attached hydrogen (secondary N) is 1. The zero-order valence-corrected chi connectivity index (χ0v) is 22.0. The highest BCUT2D eigenvalue weighted by Crippen LogP contribution is 2.27. The Morgan fingerprint density at radius 1 is 0.971 bits per heavy atom. The quantitative estimate of drug-likeness (QED) is 0.489. The normalized spacial score (nSPS) is 11.2. The van der Waals surface area contributed by atoms with E-state index in [9.17, 15) is 9.59 Å². The first-order valence-corrected chi connectivity index (χ1v) is 11.7. The maximum absolute atomic E-state index is 13.4. The van der Waals surface area contributed by atoms with Crippen molar-refractivity contribution in [3.8, 4) is 11.5 Å². The van der Waals surface area contributed by atoms with E-state index in [1.54, 1.807) is 26.2 Å². The van der Waals surface area contributed by atoms with Crippen LogP contribution in [0, 0.1) is 6.92 Å². The topological polar surface area (TPSA) is 93.5 Å². The van der Waals surface area contributed by atoms with Gasteiger partial charge in [-0.15, -0.1) is 0 Å². The van der Waals surface area contributed by atoms with Gasteiger partial charge in [-0.25, -0.2) is 4.79 Å². The molecule has 0 atom stereocenters. The summed E-state index contributed by atoms with van der Waals surface area (Å²) in [6.07, 6.45) is 0.595. The summed E-state index contributed by atoms with van der Waals surface area (Å²) >= 11 is 0. The molecule has 0 unspecified atom stereocenters. The van der Waals surface area contributed by atoms with Crippen LogP contribution in [0.5, 0.6) is 11.5 Å². The van der Waals surface area contributed by atoms with Crippen molar-refractivity contribution in [1.82, 2.24) is 15.1 Å². The number of carbonyl (C=O) groups excluding carboxylic acids is 2. The minimum Gasteiger partial charge on any atom is -0.493 e. The predicted octanol–water partition coefficient (Wildman–Crippen LogP) is 3.63. The van der Waals surface area contributed by atoms with Crippen molar-refractivity contribution in [2.45, 2.75) is 46.2 Å². The van der Waals surface area contributed by atoms with Gasteiger partial charge in [0.05, 0.1) is 27.4 Å². The van der Waals surface area contributed by atoms with Crippen LogP contribution in [0.2, 0.25) is 0 Å². The summed E-state index contributed by atoms with van der Waals surface area (Å²) < 4.78 is 21.6. The molecule has 0 aliphatic carbocycles. The van der Waals surface area contributed by atoms with Gasteiger partial charge in [0.25, 0.3) is 0 Å². The molecule has 0 spiro atoms. The zero-order valence-electron chi connectivity index (χ0n) is 22.0. The molecular weight excluding hydrogens is 450 g/mol. The minimum atomic E-state index is -0.426. The van der Waals surface area contributed by atoms with Crippen LogP contribution in [0.25, 0.3) is 0 Å². The first-order valence-electron chi connectivity index (χ1n) is 11.7. The Balaban J connectivity index is 2.19. The van der Waals surface area contributed by atoms with Crippen LogP contribution in [0.15, 0.2) is 34.7 Å². The van der Waals surface area contributed by atoms with E-state index in [1.165, 1.54) is 4.90 Å². The van der Waals surface area contributed by atoms with E-state index in [-0.39, 0.29) is 18.5 Å². The fourth-order valence-corrected chi connectivity index (χ4v) is 3.47. The number of ether oxygens (including phenoxy) is 3. The van der Waals surface area contributed by atoms with Crippen molar-refractivity contribution >= 4 is 11.9 Å². The number of amides is 3. The predicted molar refractivity (Wildman–Crippen MR) is 134 cm³/mol. The maximum atomic E-state index is 13.4. The van der Waals surface area contributed by atoms with Crippen LogP contribution in [-0.2, 0) is 22.5 Å². The second kappa shape index (κ2) is 13.0. The number of hydrogen-bond acceptors (Lipinski definition) is 6. The van der Waals surface area contributed by atoms with Gasteiger partial charge < -0.3 is 33.7 Å². The van der Waals surface area contributed by atoms with E-state index < -0.39 is 5.54 Å². The van der Waals surface area contributed by atoms with Crippen LogP contribution in [0.1, 0.15) is 37.9 Å². The monoisotopic (exact) mass is 489 g/mol. The van der Waals surface area contributed by atoms with E-state index in [0.717, 1.165) is 11.3 Å². The molecule has 0 aliphatic rings. The van der Waals surface area contributed by atoms with Crippen LogP contribution >= 0.6 is 0 Å². The lowest BCUT2D eigenvalue weighted by Crippen LogP contribution is -2.52. The third-order valence-corrected chi connectivity index (χ3v) is 5.27. The molecule has 0 saturated carbocycles. The van der Waals surface area contributed by atoms with E-state index in [2.05, 4.69) is 5.32 Å². The van der Waals surface area contributed by atoms with Gasteiger partial charge in [0, 0.05) is 25.7 Å². The van der Waals surface area contributed by atoms with E-state index in [0.29, 0.717) is 49.9 Å². The number of benzene rings is 1. The lowest BCUT2D eigenvalue weighted by atomic mass is 10.1. The molecule has 0 radical (unpaired) electrons. The average Bonchev–Trinajstić information content (AvgIpc) is 3.22. The third kappa shape index (κ3) is 9.16. The third-order valence-electron chi connectivity index (χ3n) is 5.27. The van der Waals surface area contributed by atoms with Gasteiger partial charge in [-0.1, -0.05) is 6.07 Å². The average molecular weight is 490 g/mol. The SMILES string of the molecule is COCCN(CC(=O)N(CCc1ccc(OC)c(OC)c1)Cc1ccc(C)o1)C(=O)NC(C)(C)C. The highest BCUT2D eigenvalue weighted by Gasteiger charge is 2.25. The van der Waals surface area contributed by atoms with Crippen LogP contribution in [0.4, 0.5) is 4.79 Å². The summed E-state index contributed by atoms with van der Waals surface area (Å²) in [5.74, 6) is 2.56. The summed E-state index contributed by atoms with van der Waals surface area (Å²) in [5.41, 5.74) is 0.572. The molecule has 0 fully saturated rings. The van der Waals surface area contributed by atoms with Crippen molar-refractivity contribution in [3.63, 3.8) is 0 Å². The highest BCUT2D eigenvalue weighted by atomic mass is 16.5. The fourth-order valence-electron chi connectivity index (χ4n) is 3.47. The molecule has 1 N–H and O–H groups in total. The number of nitrogens with zero attached hydrogens (tertiary/aromatic N) is 2. The van der Waals surface area contributed by atoms with E-state index >= 15 is 0 Å². The summed E-state index contributed by atoms with van der Waals surface area (Å²) in [6.45, 7) is 8.86. The fraction of sp³-hybridized carbons (Fsp3) is 0.538. The molecule has 1 heterocycles. The Morgan fingerprint density at radius 3 is 2.26 bits per heavy atom. The van der Waals surface area contributed by atoms with E-state index in [1.807, 2.05) is 58.0 Å². The molecule has 9 nitrogen and oxygen atoms in total. The second-order valence-electron chi connectivity index (χ2n) is 9.36. The minimum absolute atomic E-state index is 0.0725. The van der Waals surface area contributed by atoms with Gasteiger partial charge in [0.15, 0.2) is 11.5 Å². The smallest absolute Gasteiger partial charge is 0.318 e. The molecule has 1 aromatic heterocycles. The number of rotatable bonds is 12. The van der Waals surface area contributed by atoms with Gasteiger partial charge >= 0.3 is 6.03 Å². The lowest BCUT2D eigenvalue weighted by molar-refractivity contribution is -0.132. The molecule has 3 amide bonds. The van der Waals surface area contributed by atoms with Crippen molar-refractivity contribution in [1.29, 1.82) is 0 Å². The number of carbonyl (C=O) groups is 2. The number of hydrogen-bond donors (Lipinski definition) is 1. The molecule has 194 valence electrons. The Labute approximate surface area is 208 Å². The maximum Gasteiger partial charge on any atom is 0.318 e. The number of urea groups is 1. The summed E-state index contributed by atoms with van der Waals surface area (Å²) in [5, 5.41) is 2.92. The molecule has 35 heavy (non-hydrogen) atoms. The summed E-state index contributed by atoms with van der Waals surface area (Å²) in [6, 6.07) is 9.12. The summed E-state index contributed by atoms with van der Waals surface area (Å²) in [7, 11) is 4.75. The van der Waals surface area contributed by atoms with Crippen LogP contribution in [-0.4, -0.2) is 74.8 Å². The van der Waals surface area contributed by atoms with Gasteiger partial charge in [-0.2, -0.15) is 0 Å². The zero-order chi connectivity index (χ0) is 26.0. The van der Waals surface area contributed by atoms with Gasteiger partial charge in [-0.05, 0) is 63.9 Å². The Morgan fingerprint density at radius 2 is 1.69 bits per heavy atom. The molecule has 0 bridgehead atoms. The highest BCUT2D eigenvalue weighted by molar-refractivity contribution is 5.84. The standard InChI is InChI=1S/C26H39N3O6/c1-19-8-10-21(35-19)17-28(13-12-20-9-11-22(33-6)23(16-20)34-7)24(30)18-29(14-15-32-5)25(31)27-26(2,3)4/h8-11,16H,12-15,17-18H2,1-7H3,(H,27,31). The lowest BCUT2D eigenvalue weighted by Gasteiger charge is -2.30. The van der Waals surface area contributed by atoms with Crippen molar-refractivity contribution in [2.24, 2.45) is 0 Å².